The monoisotopic (exact) mass is 735 g/mol. The van der Waals surface area contributed by atoms with Crippen LogP contribution in [0.4, 0.5) is 0 Å². The van der Waals surface area contributed by atoms with Crippen molar-refractivity contribution in [1.82, 2.24) is 24.1 Å². The summed E-state index contributed by atoms with van der Waals surface area (Å²) in [5.41, 5.74) is 6.18. The average Bonchev–Trinajstić information content (AvgIpc) is 3.64. The fourth-order valence-corrected chi connectivity index (χ4v) is 6.64. The first kappa shape index (κ1) is 25.6. The topological polar surface area (TPSA) is 81.0 Å². The third kappa shape index (κ3) is 3.36. The number of pyridine rings is 2. The summed E-state index contributed by atoms with van der Waals surface area (Å²) in [4.78, 5) is 4.82. The van der Waals surface area contributed by atoms with Crippen LogP contribution in [-0.2, 0) is 26.5 Å². The zero-order valence-corrected chi connectivity index (χ0v) is 25.3. The van der Waals surface area contributed by atoms with E-state index in [0.717, 1.165) is 54.9 Å². The van der Waals surface area contributed by atoms with Crippen LogP contribution in [-0.4, -0.2) is 24.1 Å². The molecule has 4 aromatic heterocycles. The van der Waals surface area contributed by atoms with Gasteiger partial charge >= 0.3 is 21.1 Å². The molecule has 4 aromatic carbocycles. The summed E-state index contributed by atoms with van der Waals surface area (Å²) in [6.07, 6.45) is 3.52. The summed E-state index contributed by atoms with van der Waals surface area (Å²) in [5.74, 6) is 1.69. The van der Waals surface area contributed by atoms with Crippen LogP contribution < -0.4 is 4.74 Å². The summed E-state index contributed by atoms with van der Waals surface area (Å²) in [7, 11) is 0. The number of fused-ring (bicyclic) bond motifs is 11. The summed E-state index contributed by atoms with van der Waals surface area (Å²) < 4.78 is 10.5. The van der Waals surface area contributed by atoms with E-state index in [9.17, 15) is 5.26 Å². The molecule has 0 spiro atoms. The first-order valence-electron chi connectivity index (χ1n) is 13.7. The SMILES string of the molecule is CC1(C)c2cccnc2-n2c3[c-]c(Oc4[c-]c5c(cc4C#N)c4ccccc4n4cnnc54)ccc3c3cccc1c32.[Pt+2]. The molecule has 0 unspecified atom stereocenters. The van der Waals surface area contributed by atoms with Gasteiger partial charge in [0.1, 0.15) is 12.1 Å². The van der Waals surface area contributed by atoms with Crippen LogP contribution in [0.3, 0.4) is 0 Å². The molecule has 0 radical (unpaired) electrons. The fraction of sp³-hybridized carbons (Fsp3) is 0.0857. The number of benzene rings is 4. The van der Waals surface area contributed by atoms with Gasteiger partial charge in [0, 0.05) is 39.5 Å². The largest absolute Gasteiger partial charge is 2.00 e. The second kappa shape index (κ2) is 8.97. The van der Waals surface area contributed by atoms with Gasteiger partial charge < -0.3 is 13.7 Å². The van der Waals surface area contributed by atoms with Crippen molar-refractivity contribution in [2.45, 2.75) is 19.3 Å². The number of ether oxygens (including phenoxy) is 1. The quantitative estimate of drug-likeness (QED) is 0.136. The van der Waals surface area contributed by atoms with Gasteiger partial charge in [0.15, 0.2) is 0 Å². The molecule has 1 aliphatic rings. The fourth-order valence-electron chi connectivity index (χ4n) is 6.64. The van der Waals surface area contributed by atoms with Crippen molar-refractivity contribution in [3.8, 4) is 23.4 Å². The molecule has 43 heavy (non-hydrogen) atoms. The van der Waals surface area contributed by atoms with Gasteiger partial charge in [0.25, 0.3) is 0 Å². The molecule has 0 N–H and O–H groups in total. The van der Waals surface area contributed by atoms with E-state index in [-0.39, 0.29) is 26.5 Å². The van der Waals surface area contributed by atoms with Crippen LogP contribution in [0.1, 0.15) is 30.5 Å². The average molecular weight is 736 g/mol. The normalized spacial score (nSPS) is 13.3. The standard InChI is InChI=1S/C35H20N6O.Pt/c1-35(2)27-9-5-8-24-23-13-12-21(16-30(23)41(32(24)27)34-28(35)10-6-14-37-34)42-31-17-26-25(15-20(31)18-36)22-7-3-4-11-29(22)40-19-38-39-33(26)40;/h3-15,19H,1-2H3;/q-2;+2. The molecule has 0 atom stereocenters. The maximum Gasteiger partial charge on any atom is 2.00 e. The minimum absolute atomic E-state index is 0. The Kier molecular flexibility index (Phi) is 5.35. The third-order valence-electron chi connectivity index (χ3n) is 8.62. The predicted octanol–water partition coefficient (Wildman–Crippen LogP) is 7.43. The van der Waals surface area contributed by atoms with Gasteiger partial charge in [-0.15, -0.1) is 28.7 Å². The first-order valence-corrected chi connectivity index (χ1v) is 13.7. The predicted molar refractivity (Wildman–Crippen MR) is 161 cm³/mol. The van der Waals surface area contributed by atoms with Crippen LogP contribution >= 0.6 is 0 Å². The van der Waals surface area contributed by atoms with Crippen LogP contribution in [0.15, 0.2) is 85.3 Å². The van der Waals surface area contributed by atoms with Gasteiger partial charge in [0.05, 0.1) is 17.5 Å². The molecule has 0 saturated heterocycles. The number of aromatic nitrogens is 5. The Morgan fingerprint density at radius 1 is 0.884 bits per heavy atom. The molecule has 9 rings (SSSR count). The number of hydrogen-bond acceptors (Lipinski definition) is 5. The maximum atomic E-state index is 10.1. The van der Waals surface area contributed by atoms with Gasteiger partial charge in [-0.1, -0.05) is 78.7 Å². The molecule has 0 bridgehead atoms. The Hall–Kier alpha value is -5.05. The molecule has 7 nitrogen and oxygen atoms in total. The molecular formula is C35H20N6OPt. The smallest absolute Gasteiger partial charge is 0.502 e. The summed E-state index contributed by atoms with van der Waals surface area (Å²) in [6.45, 7) is 4.49. The third-order valence-corrected chi connectivity index (χ3v) is 8.62. The zero-order valence-electron chi connectivity index (χ0n) is 23.0. The first-order chi connectivity index (χ1) is 20.5. The van der Waals surface area contributed by atoms with E-state index >= 15 is 0 Å². The van der Waals surface area contributed by atoms with Crippen LogP contribution in [0, 0.1) is 23.5 Å². The Morgan fingerprint density at radius 3 is 2.60 bits per heavy atom. The molecule has 8 heteroatoms. The Morgan fingerprint density at radius 2 is 1.72 bits per heavy atom. The van der Waals surface area contributed by atoms with Crippen molar-refractivity contribution in [2.24, 2.45) is 0 Å². The second-order valence-electron chi connectivity index (χ2n) is 11.2. The molecule has 0 amide bonds. The summed E-state index contributed by atoms with van der Waals surface area (Å²) in [6, 6.07) is 33.6. The molecule has 0 saturated carbocycles. The number of rotatable bonds is 2. The number of nitriles is 1. The van der Waals surface area contributed by atoms with E-state index in [4.69, 9.17) is 9.72 Å². The van der Waals surface area contributed by atoms with Crippen LogP contribution in [0.25, 0.3) is 54.9 Å². The molecule has 1 aliphatic heterocycles. The molecule has 5 heterocycles. The summed E-state index contributed by atoms with van der Waals surface area (Å²) >= 11 is 0. The van der Waals surface area contributed by atoms with Crippen molar-refractivity contribution in [3.05, 3.63) is 114 Å². The minimum Gasteiger partial charge on any atom is -0.502 e. The van der Waals surface area contributed by atoms with Gasteiger partial charge in [-0.2, -0.15) is 11.2 Å². The van der Waals surface area contributed by atoms with Crippen molar-refractivity contribution in [1.29, 1.82) is 5.26 Å². The second-order valence-corrected chi connectivity index (χ2v) is 11.2. The van der Waals surface area contributed by atoms with E-state index in [2.05, 4.69) is 77.1 Å². The van der Waals surface area contributed by atoms with Crippen molar-refractivity contribution in [2.75, 3.05) is 0 Å². The van der Waals surface area contributed by atoms with E-state index in [1.807, 2.05) is 53.1 Å². The molecular weight excluding hydrogens is 716 g/mol. The Bertz CT molecular complexity index is 2500. The summed E-state index contributed by atoms with van der Waals surface area (Å²) in [5, 5.41) is 23.4. The van der Waals surface area contributed by atoms with E-state index in [1.54, 1.807) is 6.33 Å². The molecule has 206 valence electrons. The molecule has 0 aliphatic carbocycles. The van der Waals surface area contributed by atoms with E-state index in [1.165, 1.54) is 5.56 Å². The Balaban J connectivity index is 0.00000278. The Labute approximate surface area is 260 Å². The van der Waals surface area contributed by atoms with E-state index in [0.29, 0.717) is 22.7 Å². The van der Waals surface area contributed by atoms with Gasteiger partial charge in [0.2, 0.25) is 0 Å². The van der Waals surface area contributed by atoms with Gasteiger partial charge in [-0.25, -0.2) is 10.2 Å². The maximum absolute atomic E-state index is 10.1. The van der Waals surface area contributed by atoms with Crippen molar-refractivity contribution in [3.63, 3.8) is 0 Å². The van der Waals surface area contributed by atoms with Crippen LogP contribution in [0.2, 0.25) is 0 Å². The minimum atomic E-state index is -0.203. The number of hydrogen-bond donors (Lipinski definition) is 0. The van der Waals surface area contributed by atoms with E-state index < -0.39 is 0 Å². The zero-order chi connectivity index (χ0) is 28.2. The van der Waals surface area contributed by atoms with Crippen molar-refractivity contribution >= 4 is 49.1 Å². The van der Waals surface area contributed by atoms with Gasteiger partial charge in [-0.05, 0) is 28.5 Å². The van der Waals surface area contributed by atoms with Crippen LogP contribution in [0.5, 0.6) is 11.5 Å². The van der Waals surface area contributed by atoms with Gasteiger partial charge in [-0.3, -0.25) is 0 Å². The number of para-hydroxylation sites is 2. The molecule has 0 fully saturated rings. The number of nitrogens with zero attached hydrogens (tertiary/aromatic N) is 6. The molecule has 8 aromatic rings. The van der Waals surface area contributed by atoms with Crippen molar-refractivity contribution < 1.29 is 25.8 Å².